The van der Waals surface area contributed by atoms with Crippen molar-refractivity contribution >= 4 is 17.5 Å². The molecule has 1 saturated heterocycles. The maximum absolute atomic E-state index is 12.6. The number of imide groups is 1. The molecule has 2 aliphatic carbocycles. The second-order valence-electron chi connectivity index (χ2n) is 6.06. The van der Waals surface area contributed by atoms with Gasteiger partial charge < -0.3 is 0 Å². The maximum Gasteiger partial charge on any atom is 0.237 e. The molecular formula is C16H14N2O2. The molecule has 0 radical (unpaired) electrons. The minimum atomic E-state index is -0.0862. The Morgan fingerprint density at radius 2 is 1.55 bits per heavy atom. The Labute approximate surface area is 117 Å². The maximum atomic E-state index is 12.6. The number of nitriles is 1. The van der Waals surface area contributed by atoms with Crippen LogP contribution in [0.25, 0.3) is 0 Å². The lowest BCUT2D eigenvalue weighted by molar-refractivity contribution is -0.123. The molecule has 4 atom stereocenters. The summed E-state index contributed by atoms with van der Waals surface area (Å²) in [6.45, 7) is 0. The lowest BCUT2D eigenvalue weighted by atomic mass is 9.81. The van der Waals surface area contributed by atoms with Gasteiger partial charge in [-0.05, 0) is 55.4 Å². The monoisotopic (exact) mass is 266 g/mol. The summed E-state index contributed by atoms with van der Waals surface area (Å²) in [5.41, 5.74) is 1.14. The van der Waals surface area contributed by atoms with Gasteiger partial charge in [-0.1, -0.05) is 0 Å². The summed E-state index contributed by atoms with van der Waals surface area (Å²) in [4.78, 5) is 26.5. The molecule has 4 rings (SSSR count). The molecule has 2 saturated carbocycles. The summed E-state index contributed by atoms with van der Waals surface area (Å²) in [7, 11) is 0. The van der Waals surface area contributed by atoms with Crippen molar-refractivity contribution in [2.75, 3.05) is 4.90 Å². The number of carbonyl (C=O) groups is 2. The van der Waals surface area contributed by atoms with Crippen molar-refractivity contribution in [1.82, 2.24) is 0 Å². The molecule has 1 aromatic rings. The number of amides is 2. The fourth-order valence-electron chi connectivity index (χ4n) is 4.35. The second kappa shape index (κ2) is 3.92. The van der Waals surface area contributed by atoms with Crippen LogP contribution in [0.15, 0.2) is 24.3 Å². The first-order valence-corrected chi connectivity index (χ1v) is 7.08. The summed E-state index contributed by atoms with van der Waals surface area (Å²) in [6.07, 6.45) is 3.23. The van der Waals surface area contributed by atoms with Gasteiger partial charge in [-0.15, -0.1) is 0 Å². The third kappa shape index (κ3) is 1.35. The quantitative estimate of drug-likeness (QED) is 0.731. The smallest absolute Gasteiger partial charge is 0.237 e. The van der Waals surface area contributed by atoms with E-state index in [9.17, 15) is 9.59 Å². The number of hydrogen-bond acceptors (Lipinski definition) is 3. The summed E-state index contributed by atoms with van der Waals surface area (Å²) in [5, 5.41) is 8.81. The van der Waals surface area contributed by atoms with Crippen molar-refractivity contribution in [3.05, 3.63) is 29.8 Å². The number of carbonyl (C=O) groups excluding carboxylic acids is 2. The van der Waals surface area contributed by atoms with E-state index in [0.29, 0.717) is 23.1 Å². The van der Waals surface area contributed by atoms with Gasteiger partial charge >= 0.3 is 0 Å². The Balaban J connectivity index is 1.71. The molecular weight excluding hydrogens is 252 g/mol. The molecule has 0 spiro atoms. The molecule has 0 aromatic heterocycles. The van der Waals surface area contributed by atoms with E-state index >= 15 is 0 Å². The average Bonchev–Trinajstić information content (AvgIpc) is 3.14. The molecule has 2 bridgehead atoms. The highest BCUT2D eigenvalue weighted by atomic mass is 16.2. The van der Waals surface area contributed by atoms with Crippen molar-refractivity contribution in [2.45, 2.75) is 19.3 Å². The van der Waals surface area contributed by atoms with Gasteiger partial charge in [0.25, 0.3) is 0 Å². The van der Waals surface area contributed by atoms with Gasteiger partial charge in [-0.2, -0.15) is 5.26 Å². The van der Waals surface area contributed by atoms with Crippen molar-refractivity contribution in [1.29, 1.82) is 5.26 Å². The van der Waals surface area contributed by atoms with Crippen LogP contribution in [-0.2, 0) is 9.59 Å². The second-order valence-corrected chi connectivity index (χ2v) is 6.06. The van der Waals surface area contributed by atoms with E-state index in [1.165, 1.54) is 4.90 Å². The third-order valence-corrected chi connectivity index (χ3v) is 5.18. The van der Waals surface area contributed by atoms with Gasteiger partial charge in [0, 0.05) is 0 Å². The zero-order chi connectivity index (χ0) is 13.9. The highest BCUT2D eigenvalue weighted by Gasteiger charge is 2.61. The Kier molecular flexibility index (Phi) is 2.29. The van der Waals surface area contributed by atoms with Gasteiger partial charge in [0.1, 0.15) is 0 Å². The normalized spacial score (nSPS) is 34.5. The van der Waals surface area contributed by atoms with E-state index in [0.717, 1.165) is 19.3 Å². The van der Waals surface area contributed by atoms with Crippen LogP contribution in [0.5, 0.6) is 0 Å². The van der Waals surface area contributed by atoms with Crippen LogP contribution < -0.4 is 4.90 Å². The fraction of sp³-hybridized carbons (Fsp3) is 0.438. The van der Waals surface area contributed by atoms with Crippen LogP contribution in [0.4, 0.5) is 5.69 Å². The molecule has 0 N–H and O–H groups in total. The highest BCUT2D eigenvalue weighted by molar-refractivity contribution is 6.22. The van der Waals surface area contributed by atoms with Gasteiger partial charge in [0.2, 0.25) is 11.8 Å². The number of hydrogen-bond donors (Lipinski definition) is 0. The first-order chi connectivity index (χ1) is 9.70. The summed E-state index contributed by atoms with van der Waals surface area (Å²) in [6, 6.07) is 8.73. The molecule has 4 heteroatoms. The van der Waals surface area contributed by atoms with Crippen LogP contribution in [0.1, 0.15) is 24.8 Å². The Bertz CT molecular complexity index is 615. The van der Waals surface area contributed by atoms with Crippen LogP contribution in [-0.4, -0.2) is 11.8 Å². The number of rotatable bonds is 1. The number of benzene rings is 1. The lowest BCUT2D eigenvalue weighted by Crippen LogP contribution is -2.32. The minimum absolute atomic E-state index is 0.0306. The molecule has 100 valence electrons. The molecule has 3 aliphatic rings. The molecule has 3 fully saturated rings. The van der Waals surface area contributed by atoms with E-state index in [-0.39, 0.29) is 23.7 Å². The predicted molar refractivity (Wildman–Crippen MR) is 71.5 cm³/mol. The molecule has 1 aliphatic heterocycles. The number of fused-ring (bicyclic) bond motifs is 5. The zero-order valence-corrected chi connectivity index (χ0v) is 11.0. The van der Waals surface area contributed by atoms with Crippen LogP contribution in [0.2, 0.25) is 0 Å². The first kappa shape index (κ1) is 11.7. The van der Waals surface area contributed by atoms with Gasteiger partial charge in [0.05, 0.1) is 29.2 Å². The van der Waals surface area contributed by atoms with Crippen LogP contribution in [0.3, 0.4) is 0 Å². The fourth-order valence-corrected chi connectivity index (χ4v) is 4.35. The Morgan fingerprint density at radius 3 is 2.05 bits per heavy atom. The van der Waals surface area contributed by atoms with Crippen LogP contribution >= 0.6 is 0 Å². The predicted octanol–water partition coefficient (Wildman–Crippen LogP) is 2.09. The molecule has 1 heterocycles. The highest BCUT2D eigenvalue weighted by Crippen LogP contribution is 2.56. The van der Waals surface area contributed by atoms with E-state index in [1.54, 1.807) is 24.3 Å². The van der Waals surface area contributed by atoms with Gasteiger partial charge in [0.15, 0.2) is 0 Å². The van der Waals surface area contributed by atoms with E-state index in [1.807, 2.05) is 6.07 Å². The lowest BCUT2D eigenvalue weighted by Gasteiger charge is -2.19. The molecule has 4 nitrogen and oxygen atoms in total. The van der Waals surface area contributed by atoms with E-state index in [4.69, 9.17) is 5.26 Å². The number of nitrogens with zero attached hydrogens (tertiary/aromatic N) is 2. The summed E-state index contributed by atoms with van der Waals surface area (Å²) < 4.78 is 0. The largest absolute Gasteiger partial charge is 0.274 e. The van der Waals surface area contributed by atoms with E-state index < -0.39 is 0 Å². The topological polar surface area (TPSA) is 61.2 Å². The molecule has 2 amide bonds. The van der Waals surface area contributed by atoms with Crippen molar-refractivity contribution < 1.29 is 9.59 Å². The van der Waals surface area contributed by atoms with Gasteiger partial charge in [-0.25, -0.2) is 0 Å². The van der Waals surface area contributed by atoms with Crippen molar-refractivity contribution in [2.24, 2.45) is 23.7 Å². The molecule has 1 aromatic carbocycles. The average molecular weight is 266 g/mol. The first-order valence-electron chi connectivity index (χ1n) is 7.08. The standard InChI is InChI=1S/C16H14N2O2/c17-8-9-1-5-12(6-2-9)18-15(19)13-10-3-4-11(7-10)14(13)16(18)20/h1-2,5-6,10-11,13-14H,3-4,7H2. The zero-order valence-electron chi connectivity index (χ0n) is 11.0. The number of anilines is 1. The van der Waals surface area contributed by atoms with Crippen molar-refractivity contribution in [3.8, 4) is 6.07 Å². The van der Waals surface area contributed by atoms with E-state index in [2.05, 4.69) is 0 Å². The summed E-state index contributed by atoms with van der Waals surface area (Å²) in [5.74, 6) is 0.581. The molecule has 20 heavy (non-hydrogen) atoms. The van der Waals surface area contributed by atoms with Crippen LogP contribution in [0, 0.1) is 35.0 Å². The minimum Gasteiger partial charge on any atom is -0.274 e. The SMILES string of the molecule is N#Cc1ccc(N2C(=O)C3C4CCC(C4)C3C2=O)cc1. The molecule has 4 unspecified atom stereocenters. The van der Waals surface area contributed by atoms with Gasteiger partial charge in [-0.3, -0.25) is 14.5 Å². The summed E-state index contributed by atoms with van der Waals surface area (Å²) >= 11 is 0. The Hall–Kier alpha value is -2.15. The third-order valence-electron chi connectivity index (χ3n) is 5.18. The van der Waals surface area contributed by atoms with Crippen molar-refractivity contribution in [3.63, 3.8) is 0 Å². The Morgan fingerprint density at radius 1 is 1.00 bits per heavy atom.